The predicted molar refractivity (Wildman–Crippen MR) is 107 cm³/mol. The van der Waals surface area contributed by atoms with E-state index in [1.165, 1.54) is 12.8 Å². The number of methoxy groups -OCH3 is 1. The largest absolute Gasteiger partial charge is 0.496 e. The van der Waals surface area contributed by atoms with Gasteiger partial charge in [0.05, 0.1) is 18.3 Å². The van der Waals surface area contributed by atoms with E-state index in [9.17, 15) is 4.79 Å². The Kier molecular flexibility index (Phi) is 4.25. The molecule has 0 N–H and O–H groups in total. The molecule has 1 saturated carbocycles. The van der Waals surface area contributed by atoms with Crippen LogP contribution in [0.5, 0.6) is 5.75 Å². The molecule has 1 aliphatic rings. The summed E-state index contributed by atoms with van der Waals surface area (Å²) < 4.78 is 7.36. The molecule has 1 aliphatic carbocycles. The molecule has 0 spiro atoms. The van der Waals surface area contributed by atoms with Crippen molar-refractivity contribution in [1.82, 2.24) is 14.5 Å². The molecule has 1 unspecified atom stereocenters. The Bertz CT molecular complexity index is 1100. The van der Waals surface area contributed by atoms with E-state index in [0.717, 1.165) is 39.2 Å². The minimum absolute atomic E-state index is 0.00156. The number of aromatic nitrogens is 3. The summed E-state index contributed by atoms with van der Waals surface area (Å²) in [5.74, 6) is 1.44. The first-order valence-corrected chi connectivity index (χ1v) is 9.45. The maximum atomic E-state index is 12.9. The van der Waals surface area contributed by atoms with Crippen LogP contribution in [0.3, 0.4) is 0 Å². The van der Waals surface area contributed by atoms with Crippen LogP contribution in [0.1, 0.15) is 42.6 Å². The molecule has 0 amide bonds. The first kappa shape index (κ1) is 17.7. The van der Waals surface area contributed by atoms with Crippen molar-refractivity contribution in [2.24, 2.45) is 5.92 Å². The Hall–Kier alpha value is -2.69. The molecule has 140 valence electrons. The van der Waals surface area contributed by atoms with Gasteiger partial charge in [0.25, 0.3) is 5.56 Å². The summed E-state index contributed by atoms with van der Waals surface area (Å²) in [6, 6.07) is 6.21. The lowest BCUT2D eigenvalue weighted by molar-refractivity contribution is 0.411. The number of nitrogens with zero attached hydrogens (tertiary/aromatic N) is 3. The maximum absolute atomic E-state index is 12.9. The number of ether oxygens (including phenoxy) is 1. The predicted octanol–water partition coefficient (Wildman–Crippen LogP) is 4.36. The zero-order valence-electron chi connectivity index (χ0n) is 16.5. The number of fused-ring (bicyclic) bond motifs is 1. The molecule has 1 fully saturated rings. The zero-order chi connectivity index (χ0) is 19.3. The summed E-state index contributed by atoms with van der Waals surface area (Å²) in [5, 5.41) is 0. The zero-order valence-corrected chi connectivity index (χ0v) is 16.5. The lowest BCUT2D eigenvalue weighted by atomic mass is 10.00. The summed E-state index contributed by atoms with van der Waals surface area (Å²) in [7, 11) is 1.68. The summed E-state index contributed by atoms with van der Waals surface area (Å²) in [6.45, 7) is 8.01. The summed E-state index contributed by atoms with van der Waals surface area (Å²) >= 11 is 0. The molecule has 2 aromatic heterocycles. The average Bonchev–Trinajstić information content (AvgIpc) is 3.49. The number of hydrogen-bond donors (Lipinski definition) is 0. The fourth-order valence-corrected chi connectivity index (χ4v) is 3.90. The molecule has 1 atom stereocenters. The van der Waals surface area contributed by atoms with Gasteiger partial charge in [-0.15, -0.1) is 0 Å². The van der Waals surface area contributed by atoms with Gasteiger partial charge in [-0.3, -0.25) is 9.78 Å². The van der Waals surface area contributed by atoms with Gasteiger partial charge in [-0.25, -0.2) is 4.98 Å². The second kappa shape index (κ2) is 6.48. The van der Waals surface area contributed by atoms with Crippen LogP contribution in [0.2, 0.25) is 0 Å². The van der Waals surface area contributed by atoms with E-state index in [-0.39, 0.29) is 11.6 Å². The molecule has 0 bridgehead atoms. The first-order valence-electron chi connectivity index (χ1n) is 9.45. The molecule has 1 aromatic carbocycles. The van der Waals surface area contributed by atoms with E-state index in [1.54, 1.807) is 20.2 Å². The van der Waals surface area contributed by atoms with Crippen LogP contribution < -0.4 is 10.3 Å². The molecule has 2 heterocycles. The third-order valence-corrected chi connectivity index (χ3v) is 5.68. The van der Waals surface area contributed by atoms with Crippen LogP contribution in [-0.2, 0) is 0 Å². The van der Waals surface area contributed by atoms with Crippen LogP contribution in [0, 0.1) is 26.7 Å². The van der Waals surface area contributed by atoms with E-state index < -0.39 is 0 Å². The van der Waals surface area contributed by atoms with Gasteiger partial charge in [0.1, 0.15) is 17.0 Å². The van der Waals surface area contributed by atoms with Crippen molar-refractivity contribution < 1.29 is 4.74 Å². The maximum Gasteiger partial charge on any atom is 0.272 e. The molecule has 0 aliphatic heterocycles. The van der Waals surface area contributed by atoms with Crippen molar-refractivity contribution in [2.75, 3.05) is 7.11 Å². The molecule has 3 aromatic rings. The highest BCUT2D eigenvalue weighted by Gasteiger charge is 2.31. The van der Waals surface area contributed by atoms with E-state index in [4.69, 9.17) is 4.74 Å². The fraction of sp³-hybridized carbons (Fsp3) is 0.409. The van der Waals surface area contributed by atoms with Crippen LogP contribution in [-0.4, -0.2) is 21.6 Å². The highest BCUT2D eigenvalue weighted by Crippen LogP contribution is 2.40. The topological polar surface area (TPSA) is 57.0 Å². The van der Waals surface area contributed by atoms with Gasteiger partial charge in [0.15, 0.2) is 0 Å². The van der Waals surface area contributed by atoms with E-state index in [0.29, 0.717) is 11.6 Å². The summed E-state index contributed by atoms with van der Waals surface area (Å²) in [5.41, 5.74) is 6.13. The van der Waals surface area contributed by atoms with Crippen LogP contribution in [0.4, 0.5) is 0 Å². The van der Waals surface area contributed by atoms with Crippen molar-refractivity contribution in [3.63, 3.8) is 0 Å². The minimum Gasteiger partial charge on any atom is -0.496 e. The molecule has 0 radical (unpaired) electrons. The third-order valence-electron chi connectivity index (χ3n) is 5.68. The van der Waals surface area contributed by atoms with Crippen molar-refractivity contribution in [1.29, 1.82) is 0 Å². The van der Waals surface area contributed by atoms with E-state index >= 15 is 0 Å². The Morgan fingerprint density at radius 1 is 1.19 bits per heavy atom. The molecular weight excluding hydrogens is 338 g/mol. The van der Waals surface area contributed by atoms with Gasteiger partial charge in [-0.1, -0.05) is 0 Å². The highest BCUT2D eigenvalue weighted by atomic mass is 16.5. The summed E-state index contributed by atoms with van der Waals surface area (Å²) in [4.78, 5) is 22.2. The quantitative estimate of drug-likeness (QED) is 0.691. The molecular formula is C22H25N3O2. The van der Waals surface area contributed by atoms with Crippen LogP contribution >= 0.6 is 0 Å². The number of benzene rings is 1. The van der Waals surface area contributed by atoms with E-state index in [2.05, 4.69) is 23.0 Å². The van der Waals surface area contributed by atoms with Gasteiger partial charge < -0.3 is 9.30 Å². The lowest BCUT2D eigenvalue weighted by Crippen LogP contribution is -2.28. The fourth-order valence-electron chi connectivity index (χ4n) is 3.90. The van der Waals surface area contributed by atoms with Crippen molar-refractivity contribution in [3.8, 4) is 17.0 Å². The van der Waals surface area contributed by atoms with Crippen LogP contribution in [0.15, 0.2) is 29.2 Å². The number of hydrogen-bond acceptors (Lipinski definition) is 4. The van der Waals surface area contributed by atoms with Crippen molar-refractivity contribution >= 4 is 11.0 Å². The second-order valence-corrected chi connectivity index (χ2v) is 7.61. The normalized spacial score (nSPS) is 15.1. The standard InChI is InChI=1S/C22H25N3O2/c1-12-11-19(27-5)13(2)10-17(12)20-21-18(8-9-23-20)25(15(4)16-6-7-16)22(26)14(3)24-21/h8-11,15-16H,6-7H2,1-5H3. The SMILES string of the molecule is COc1cc(C)c(-c2nccc3c2nc(C)c(=O)n3C(C)C2CC2)cc1C. The van der Waals surface area contributed by atoms with Crippen molar-refractivity contribution in [2.45, 2.75) is 46.6 Å². The highest BCUT2D eigenvalue weighted by molar-refractivity contribution is 5.90. The van der Waals surface area contributed by atoms with Gasteiger partial charge >= 0.3 is 0 Å². The number of rotatable bonds is 4. The van der Waals surface area contributed by atoms with Gasteiger partial charge in [-0.2, -0.15) is 0 Å². The lowest BCUT2D eigenvalue weighted by Gasteiger charge is -2.19. The van der Waals surface area contributed by atoms with Crippen molar-refractivity contribution in [3.05, 3.63) is 51.6 Å². The Balaban J connectivity index is 2.01. The first-order chi connectivity index (χ1) is 12.9. The number of aryl methyl sites for hydroxylation is 3. The molecule has 27 heavy (non-hydrogen) atoms. The van der Waals surface area contributed by atoms with Gasteiger partial charge in [-0.05, 0) is 75.8 Å². The van der Waals surface area contributed by atoms with Gasteiger partial charge in [0, 0.05) is 17.8 Å². The molecule has 5 heteroatoms. The second-order valence-electron chi connectivity index (χ2n) is 7.61. The Labute approximate surface area is 159 Å². The average molecular weight is 363 g/mol. The third kappa shape index (κ3) is 2.91. The molecule has 4 rings (SSSR count). The van der Waals surface area contributed by atoms with Gasteiger partial charge in [0.2, 0.25) is 0 Å². The molecule has 5 nitrogen and oxygen atoms in total. The minimum atomic E-state index is 0.00156. The summed E-state index contributed by atoms with van der Waals surface area (Å²) in [6.07, 6.45) is 4.15. The monoisotopic (exact) mass is 363 g/mol. The Morgan fingerprint density at radius 2 is 1.93 bits per heavy atom. The Morgan fingerprint density at radius 3 is 2.59 bits per heavy atom. The van der Waals surface area contributed by atoms with E-state index in [1.807, 2.05) is 30.5 Å². The smallest absolute Gasteiger partial charge is 0.272 e. The number of pyridine rings is 1. The van der Waals surface area contributed by atoms with Crippen LogP contribution in [0.25, 0.3) is 22.3 Å². The molecule has 0 saturated heterocycles.